The summed E-state index contributed by atoms with van der Waals surface area (Å²) in [6.07, 6.45) is 1.82. The molecule has 2 heterocycles. The number of carboxylic acid groups (broad SMARTS) is 1. The van der Waals surface area contributed by atoms with E-state index in [0.717, 1.165) is 35.1 Å². The number of benzene rings is 2. The van der Waals surface area contributed by atoms with Gasteiger partial charge < -0.3 is 24.3 Å². The number of carbonyl (C=O) groups is 1. The number of hydrogen-bond donors (Lipinski definition) is 2. The van der Waals surface area contributed by atoms with Crippen molar-refractivity contribution in [3.8, 4) is 17.2 Å². The number of aromatic nitrogens is 1. The van der Waals surface area contributed by atoms with Gasteiger partial charge in [0.2, 0.25) is 5.75 Å². The van der Waals surface area contributed by atoms with Gasteiger partial charge in [0.15, 0.2) is 11.5 Å². The molecular weight excluding hydrogens is 410 g/mol. The van der Waals surface area contributed by atoms with Crippen molar-refractivity contribution in [2.24, 2.45) is 0 Å². The van der Waals surface area contributed by atoms with Crippen molar-refractivity contribution < 1.29 is 24.1 Å². The molecular formula is C24H29N3O5. The largest absolute Gasteiger partial charge is 0.493 e. The van der Waals surface area contributed by atoms with E-state index in [1.54, 1.807) is 21.3 Å². The molecule has 0 unspecified atom stereocenters. The number of para-hydroxylation sites is 1. The molecule has 1 fully saturated rings. The van der Waals surface area contributed by atoms with Crippen LogP contribution in [0.3, 0.4) is 0 Å². The van der Waals surface area contributed by atoms with Gasteiger partial charge in [-0.1, -0.05) is 24.3 Å². The Morgan fingerprint density at radius 2 is 1.72 bits per heavy atom. The fourth-order valence-electron chi connectivity index (χ4n) is 4.51. The maximum atomic E-state index is 12.2. The first-order valence-corrected chi connectivity index (χ1v) is 10.6. The number of methoxy groups -OCH3 is 3. The van der Waals surface area contributed by atoms with E-state index in [2.05, 4.69) is 9.88 Å². The van der Waals surface area contributed by atoms with Crippen LogP contribution in [-0.2, 0) is 11.3 Å². The van der Waals surface area contributed by atoms with Crippen LogP contribution in [0.15, 0.2) is 42.6 Å². The number of rotatable bonds is 8. The molecule has 1 saturated heterocycles. The monoisotopic (exact) mass is 439 g/mol. The third-order valence-corrected chi connectivity index (χ3v) is 6.10. The van der Waals surface area contributed by atoms with Gasteiger partial charge in [0.25, 0.3) is 0 Å². The van der Waals surface area contributed by atoms with Gasteiger partial charge in [-0.3, -0.25) is 14.6 Å². The van der Waals surface area contributed by atoms with Crippen molar-refractivity contribution >= 4 is 16.9 Å². The number of fused-ring (bicyclic) bond motifs is 1. The van der Waals surface area contributed by atoms with E-state index in [1.165, 1.54) is 0 Å². The van der Waals surface area contributed by atoms with Gasteiger partial charge in [0.05, 0.1) is 21.3 Å². The molecule has 8 nitrogen and oxygen atoms in total. The second-order valence-electron chi connectivity index (χ2n) is 7.84. The molecule has 0 radical (unpaired) electrons. The van der Waals surface area contributed by atoms with Crippen molar-refractivity contribution in [1.29, 1.82) is 0 Å². The standard InChI is InChI=1S/C24H29N3O5/c1-30-20-9-8-16(22(31-2)23(20)32-3)15-26-10-12-27(13-11-26)21(24(28)29)18-14-25-19-7-5-4-6-17(18)19/h4-9,14,21,25H,10-13,15H2,1-3H3,(H,28,29)/t21-/m0/s1. The number of nitrogens with zero attached hydrogens (tertiary/aromatic N) is 2. The maximum Gasteiger partial charge on any atom is 0.325 e. The van der Waals surface area contributed by atoms with Crippen LogP contribution in [0.1, 0.15) is 17.2 Å². The van der Waals surface area contributed by atoms with Gasteiger partial charge in [-0.05, 0) is 12.1 Å². The lowest BCUT2D eigenvalue weighted by Crippen LogP contribution is -2.48. The lowest BCUT2D eigenvalue weighted by Gasteiger charge is -2.37. The Balaban J connectivity index is 1.49. The number of aliphatic carboxylic acids is 1. The van der Waals surface area contributed by atoms with E-state index in [9.17, 15) is 9.90 Å². The molecule has 0 aliphatic carbocycles. The number of hydrogen-bond acceptors (Lipinski definition) is 6. The minimum Gasteiger partial charge on any atom is -0.493 e. The zero-order valence-corrected chi connectivity index (χ0v) is 18.6. The molecule has 0 amide bonds. The second-order valence-corrected chi connectivity index (χ2v) is 7.84. The average molecular weight is 440 g/mol. The van der Waals surface area contributed by atoms with E-state index in [-0.39, 0.29) is 0 Å². The zero-order valence-electron chi connectivity index (χ0n) is 18.6. The molecule has 8 heteroatoms. The smallest absolute Gasteiger partial charge is 0.325 e. The molecule has 170 valence electrons. The normalized spacial score (nSPS) is 16.1. The highest BCUT2D eigenvalue weighted by atomic mass is 16.5. The summed E-state index contributed by atoms with van der Waals surface area (Å²) in [7, 11) is 4.82. The maximum absolute atomic E-state index is 12.2. The van der Waals surface area contributed by atoms with Crippen molar-refractivity contribution in [3.63, 3.8) is 0 Å². The van der Waals surface area contributed by atoms with Crippen molar-refractivity contribution in [1.82, 2.24) is 14.8 Å². The Bertz CT molecular complexity index is 1090. The predicted molar refractivity (Wildman–Crippen MR) is 122 cm³/mol. The summed E-state index contributed by atoms with van der Waals surface area (Å²) in [5.41, 5.74) is 2.76. The first-order valence-electron chi connectivity index (χ1n) is 10.6. The molecule has 1 aliphatic heterocycles. The number of H-pyrrole nitrogens is 1. The molecule has 2 N–H and O–H groups in total. The van der Waals surface area contributed by atoms with Crippen molar-refractivity contribution in [2.45, 2.75) is 12.6 Å². The summed E-state index contributed by atoms with van der Waals surface area (Å²) in [4.78, 5) is 19.8. The zero-order chi connectivity index (χ0) is 22.7. The van der Waals surface area contributed by atoms with Gasteiger partial charge in [-0.15, -0.1) is 0 Å². The molecule has 1 aromatic heterocycles. The summed E-state index contributed by atoms with van der Waals surface area (Å²) in [5, 5.41) is 11.0. The first-order chi connectivity index (χ1) is 15.6. The van der Waals surface area contributed by atoms with Crippen LogP contribution in [0.4, 0.5) is 0 Å². The highest BCUT2D eigenvalue weighted by Crippen LogP contribution is 2.40. The Kier molecular flexibility index (Phi) is 6.53. The number of ether oxygens (including phenoxy) is 3. The molecule has 0 bridgehead atoms. The van der Waals surface area contributed by atoms with E-state index < -0.39 is 12.0 Å². The summed E-state index contributed by atoms with van der Waals surface area (Å²) >= 11 is 0. The highest BCUT2D eigenvalue weighted by molar-refractivity contribution is 5.89. The summed E-state index contributed by atoms with van der Waals surface area (Å²) < 4.78 is 16.5. The second kappa shape index (κ2) is 9.50. The predicted octanol–water partition coefficient (Wildman–Crippen LogP) is 3.14. The third kappa shape index (κ3) is 4.11. The average Bonchev–Trinajstić information content (AvgIpc) is 3.23. The number of carboxylic acids is 1. The number of aromatic amines is 1. The molecule has 2 aromatic carbocycles. The summed E-state index contributed by atoms with van der Waals surface area (Å²) in [6, 6.07) is 11.0. The molecule has 1 aliphatic rings. The van der Waals surface area contributed by atoms with Gasteiger partial charge in [-0.2, -0.15) is 0 Å². The van der Waals surface area contributed by atoms with Gasteiger partial charge in [-0.25, -0.2) is 0 Å². The van der Waals surface area contributed by atoms with Crippen LogP contribution in [0.2, 0.25) is 0 Å². The molecule has 32 heavy (non-hydrogen) atoms. The lowest BCUT2D eigenvalue weighted by molar-refractivity contribution is -0.144. The summed E-state index contributed by atoms with van der Waals surface area (Å²) in [6.45, 7) is 3.51. The van der Waals surface area contributed by atoms with Crippen LogP contribution < -0.4 is 14.2 Å². The Morgan fingerprint density at radius 1 is 1.00 bits per heavy atom. The number of piperazine rings is 1. The molecule has 3 aromatic rings. The SMILES string of the molecule is COc1ccc(CN2CCN([C@H](C(=O)O)c3c[nH]c4ccccc34)CC2)c(OC)c1OC. The minimum atomic E-state index is -0.829. The first kappa shape index (κ1) is 22.0. The van der Waals surface area contributed by atoms with E-state index in [4.69, 9.17) is 14.2 Å². The fraction of sp³-hybridized carbons (Fsp3) is 0.375. The molecule has 1 atom stereocenters. The van der Waals surface area contributed by atoms with Crippen molar-refractivity contribution in [2.75, 3.05) is 47.5 Å². The van der Waals surface area contributed by atoms with E-state index >= 15 is 0 Å². The van der Waals surface area contributed by atoms with E-state index in [1.807, 2.05) is 47.5 Å². The lowest BCUT2D eigenvalue weighted by atomic mass is 10.0. The minimum absolute atomic E-state index is 0.580. The summed E-state index contributed by atoms with van der Waals surface area (Å²) in [5.74, 6) is 1.04. The topological polar surface area (TPSA) is 87.3 Å². The Morgan fingerprint density at radius 3 is 2.38 bits per heavy atom. The van der Waals surface area contributed by atoms with Gasteiger partial charge >= 0.3 is 5.97 Å². The Hall–Kier alpha value is -3.23. The van der Waals surface area contributed by atoms with Crippen LogP contribution in [-0.4, -0.2) is 73.4 Å². The van der Waals surface area contributed by atoms with Crippen LogP contribution in [0, 0.1) is 0 Å². The quantitative estimate of drug-likeness (QED) is 0.558. The Labute approximate surface area is 187 Å². The van der Waals surface area contributed by atoms with Crippen LogP contribution >= 0.6 is 0 Å². The molecule has 4 rings (SSSR count). The van der Waals surface area contributed by atoms with Gasteiger partial charge in [0, 0.05) is 61.0 Å². The van der Waals surface area contributed by atoms with Gasteiger partial charge in [0.1, 0.15) is 6.04 Å². The fourth-order valence-corrected chi connectivity index (χ4v) is 4.51. The van der Waals surface area contributed by atoms with Crippen molar-refractivity contribution in [3.05, 3.63) is 53.7 Å². The molecule has 0 saturated carbocycles. The van der Waals surface area contributed by atoms with E-state index in [0.29, 0.717) is 36.9 Å². The highest BCUT2D eigenvalue weighted by Gasteiger charge is 2.32. The van der Waals surface area contributed by atoms with Crippen LogP contribution in [0.25, 0.3) is 10.9 Å². The number of nitrogens with one attached hydrogen (secondary N) is 1. The third-order valence-electron chi connectivity index (χ3n) is 6.10. The molecule has 0 spiro atoms. The van der Waals surface area contributed by atoms with Crippen LogP contribution in [0.5, 0.6) is 17.2 Å².